The fourth-order valence-electron chi connectivity index (χ4n) is 9.65. The Hall–Kier alpha value is -6.64. The van der Waals surface area contributed by atoms with Crippen LogP contribution in [-0.4, -0.2) is 0 Å². The van der Waals surface area contributed by atoms with Gasteiger partial charge in [-0.05, 0) is 133 Å². The molecule has 0 saturated carbocycles. The normalized spacial score (nSPS) is 14.4. The summed E-state index contributed by atoms with van der Waals surface area (Å²) < 4.78 is 6.15. The highest BCUT2D eigenvalue weighted by molar-refractivity contribution is 6.06. The molecule has 2 heteroatoms. The Kier molecular flexibility index (Phi) is 6.98. The number of hydrogen-bond acceptors (Lipinski definition) is 2. The molecule has 0 amide bonds. The number of furan rings is 1. The number of anilines is 3. The molecule has 2 aliphatic carbocycles. The van der Waals surface area contributed by atoms with Crippen molar-refractivity contribution in [1.82, 2.24) is 0 Å². The molecule has 0 unspecified atom stereocenters. The van der Waals surface area contributed by atoms with E-state index in [4.69, 9.17) is 4.42 Å². The van der Waals surface area contributed by atoms with Crippen LogP contribution < -0.4 is 4.90 Å². The van der Waals surface area contributed by atoms with Gasteiger partial charge in [-0.2, -0.15) is 0 Å². The second-order valence-corrected chi connectivity index (χ2v) is 16.6. The summed E-state index contributed by atoms with van der Waals surface area (Å²) in [6.07, 6.45) is 0. The predicted octanol–water partition coefficient (Wildman–Crippen LogP) is 15.0. The maximum atomic E-state index is 6.15. The number of fused-ring (bicyclic) bond motifs is 9. The summed E-state index contributed by atoms with van der Waals surface area (Å²) >= 11 is 0. The molecule has 8 aromatic carbocycles. The lowest BCUT2D eigenvalue weighted by Gasteiger charge is -2.29. The molecule has 2 nitrogen and oxygen atoms in total. The van der Waals surface area contributed by atoms with Gasteiger partial charge >= 0.3 is 0 Å². The van der Waals surface area contributed by atoms with E-state index in [2.05, 4.69) is 196 Å². The number of nitrogens with zero attached hydrogens (tertiary/aromatic N) is 1. The molecule has 0 bridgehead atoms. The molecule has 11 rings (SSSR count). The molecule has 9 aromatic rings. The largest absolute Gasteiger partial charge is 0.456 e. The molecule has 0 saturated heterocycles. The van der Waals surface area contributed by atoms with Crippen LogP contribution in [0.4, 0.5) is 17.1 Å². The molecule has 1 aromatic heterocycles. The minimum absolute atomic E-state index is 0.150. The molecule has 1 heterocycles. The third kappa shape index (κ3) is 4.82. The van der Waals surface area contributed by atoms with Crippen LogP contribution >= 0.6 is 0 Å². The number of rotatable bonds is 5. The molecule has 2 aliphatic rings. The van der Waals surface area contributed by atoms with Crippen molar-refractivity contribution >= 4 is 39.0 Å². The first-order valence-corrected chi connectivity index (χ1v) is 19.7. The maximum Gasteiger partial charge on any atom is 0.135 e. The van der Waals surface area contributed by atoms with Crippen LogP contribution in [-0.2, 0) is 10.8 Å². The summed E-state index contributed by atoms with van der Waals surface area (Å²) in [7, 11) is 0. The Morgan fingerprint density at radius 2 is 0.786 bits per heavy atom. The van der Waals surface area contributed by atoms with Crippen molar-refractivity contribution in [2.75, 3.05) is 4.90 Å². The first kappa shape index (κ1) is 32.8. The van der Waals surface area contributed by atoms with Crippen molar-refractivity contribution in [3.63, 3.8) is 0 Å². The van der Waals surface area contributed by atoms with Crippen molar-refractivity contribution in [3.05, 3.63) is 198 Å². The zero-order valence-electron chi connectivity index (χ0n) is 32.1. The Balaban J connectivity index is 0.987. The smallest absolute Gasteiger partial charge is 0.135 e. The van der Waals surface area contributed by atoms with Crippen molar-refractivity contribution in [3.8, 4) is 44.5 Å². The standard InChI is InChI=1S/C54H41NO/c1-53(2)47-30-36(34-13-7-5-8-14-34)19-24-41(47)43-26-22-39(32-49(43)53)55(38-15-9-6-10-16-38)40-23-27-44-42-25-20-37(31-48(42)54(3,4)50(44)33-40)35-21-28-52-46(29-35)45-17-11-12-18-51(45)56-52/h5-33H,1-4H3. The van der Waals surface area contributed by atoms with Gasteiger partial charge < -0.3 is 9.32 Å². The summed E-state index contributed by atoms with van der Waals surface area (Å²) in [4.78, 5) is 2.43. The highest BCUT2D eigenvalue weighted by atomic mass is 16.3. The van der Waals surface area contributed by atoms with Crippen molar-refractivity contribution < 1.29 is 4.42 Å². The Labute approximate surface area is 328 Å². The van der Waals surface area contributed by atoms with Crippen LogP contribution in [0.1, 0.15) is 49.9 Å². The van der Waals surface area contributed by atoms with E-state index in [1.165, 1.54) is 66.8 Å². The lowest BCUT2D eigenvalue weighted by molar-refractivity contribution is 0.660. The number of para-hydroxylation sites is 2. The zero-order valence-corrected chi connectivity index (χ0v) is 32.1. The Morgan fingerprint density at radius 1 is 0.339 bits per heavy atom. The van der Waals surface area contributed by atoms with E-state index in [9.17, 15) is 0 Å². The fourth-order valence-corrected chi connectivity index (χ4v) is 9.65. The van der Waals surface area contributed by atoms with Crippen LogP contribution in [0, 0.1) is 0 Å². The van der Waals surface area contributed by atoms with Crippen LogP contribution in [0.5, 0.6) is 0 Å². The molecule has 0 atom stereocenters. The summed E-state index contributed by atoms with van der Waals surface area (Å²) in [5.74, 6) is 0. The van der Waals surface area contributed by atoms with Gasteiger partial charge in [0, 0.05) is 38.7 Å². The summed E-state index contributed by atoms with van der Waals surface area (Å²) in [5, 5.41) is 2.31. The molecular weight excluding hydrogens is 679 g/mol. The minimum Gasteiger partial charge on any atom is -0.456 e. The van der Waals surface area contributed by atoms with Gasteiger partial charge in [0.05, 0.1) is 0 Å². The first-order chi connectivity index (χ1) is 27.3. The van der Waals surface area contributed by atoms with Crippen LogP contribution in [0.3, 0.4) is 0 Å². The maximum absolute atomic E-state index is 6.15. The highest BCUT2D eigenvalue weighted by Gasteiger charge is 2.38. The molecule has 268 valence electrons. The lowest BCUT2D eigenvalue weighted by Crippen LogP contribution is -2.18. The molecule has 56 heavy (non-hydrogen) atoms. The second kappa shape index (κ2) is 11.9. The van der Waals surface area contributed by atoms with Gasteiger partial charge in [-0.15, -0.1) is 0 Å². The topological polar surface area (TPSA) is 16.4 Å². The average molecular weight is 720 g/mol. The van der Waals surface area contributed by atoms with E-state index in [1.54, 1.807) is 0 Å². The molecule has 0 aliphatic heterocycles. The van der Waals surface area contributed by atoms with E-state index in [0.717, 1.165) is 39.0 Å². The molecule has 0 spiro atoms. The number of benzene rings is 8. The van der Waals surface area contributed by atoms with Crippen molar-refractivity contribution in [1.29, 1.82) is 0 Å². The fraction of sp³-hybridized carbons (Fsp3) is 0.111. The van der Waals surface area contributed by atoms with Gasteiger partial charge in [-0.1, -0.05) is 137 Å². The van der Waals surface area contributed by atoms with E-state index in [1.807, 2.05) is 12.1 Å². The molecule has 0 radical (unpaired) electrons. The van der Waals surface area contributed by atoms with E-state index >= 15 is 0 Å². The predicted molar refractivity (Wildman–Crippen MR) is 234 cm³/mol. The van der Waals surface area contributed by atoms with Gasteiger partial charge in [-0.25, -0.2) is 0 Å². The Bertz CT molecular complexity index is 3020. The third-order valence-corrected chi connectivity index (χ3v) is 12.7. The monoisotopic (exact) mass is 719 g/mol. The van der Waals surface area contributed by atoms with Crippen LogP contribution in [0.15, 0.2) is 180 Å². The number of hydrogen-bond donors (Lipinski definition) is 0. The summed E-state index contributed by atoms with van der Waals surface area (Å²) in [6, 6.07) is 64.6. The second-order valence-electron chi connectivity index (χ2n) is 16.6. The molecule has 0 N–H and O–H groups in total. The summed E-state index contributed by atoms with van der Waals surface area (Å²) in [6.45, 7) is 9.51. The quantitative estimate of drug-likeness (QED) is 0.176. The van der Waals surface area contributed by atoms with E-state index in [-0.39, 0.29) is 10.8 Å². The average Bonchev–Trinajstić information content (AvgIpc) is 3.80. The highest BCUT2D eigenvalue weighted by Crippen LogP contribution is 2.54. The SMILES string of the molecule is CC1(C)c2cc(-c3ccccc3)ccc2-c2ccc(N(c3ccccc3)c3ccc4c(c3)C(C)(C)c3cc(-c5ccc6oc7ccccc7c6c5)ccc3-4)cc21. The Morgan fingerprint density at radius 3 is 1.39 bits per heavy atom. The van der Waals surface area contributed by atoms with Gasteiger partial charge in [0.2, 0.25) is 0 Å². The van der Waals surface area contributed by atoms with Crippen molar-refractivity contribution in [2.24, 2.45) is 0 Å². The van der Waals surface area contributed by atoms with Gasteiger partial charge in [0.25, 0.3) is 0 Å². The molecule has 0 fully saturated rings. The van der Waals surface area contributed by atoms with Gasteiger partial charge in [0.15, 0.2) is 0 Å². The summed E-state index contributed by atoms with van der Waals surface area (Å²) in [5.41, 5.74) is 20.6. The van der Waals surface area contributed by atoms with Crippen LogP contribution in [0.2, 0.25) is 0 Å². The minimum atomic E-state index is -0.191. The third-order valence-electron chi connectivity index (χ3n) is 12.7. The van der Waals surface area contributed by atoms with Gasteiger partial charge in [-0.3, -0.25) is 0 Å². The van der Waals surface area contributed by atoms with Crippen LogP contribution in [0.25, 0.3) is 66.4 Å². The zero-order chi connectivity index (χ0) is 37.8. The van der Waals surface area contributed by atoms with Gasteiger partial charge in [0.1, 0.15) is 11.2 Å². The van der Waals surface area contributed by atoms with E-state index < -0.39 is 0 Å². The van der Waals surface area contributed by atoms with Crippen molar-refractivity contribution in [2.45, 2.75) is 38.5 Å². The lowest BCUT2D eigenvalue weighted by atomic mass is 9.81. The first-order valence-electron chi connectivity index (χ1n) is 19.7. The van der Waals surface area contributed by atoms with E-state index in [0.29, 0.717) is 0 Å². The molecular formula is C54H41NO.